The standard InChI is InChI=1S/C16H25N3O2.C16H13N.CH4O/c1-21-15-8-6-14(7-9-15)18-16(20)19-12-4-2-10-17-11-3-5-13-19;1-3-7-14(8-4-1)15-11-12-17(13-15)16-9-5-2-6-10-16;1-2/h6-9,17H,2-5,10-13H2,1H3,(H,18,20);1-13H;2H,1H3. The smallest absolute Gasteiger partial charge is 0.321 e. The summed E-state index contributed by atoms with van der Waals surface area (Å²) in [6, 6.07) is 30.3. The molecule has 0 radical (unpaired) electrons. The highest BCUT2D eigenvalue weighted by atomic mass is 16.5. The van der Waals surface area contributed by atoms with Crippen LogP contribution in [0.15, 0.2) is 103 Å². The SMILES string of the molecule is CO.COc1ccc(NC(=O)N2CCCCNCCCC2)cc1.c1ccc(-c2ccn(-c3ccccc3)c2)cc1. The van der Waals surface area contributed by atoms with E-state index in [0.717, 1.165) is 70.4 Å². The van der Waals surface area contributed by atoms with Gasteiger partial charge in [-0.2, -0.15) is 0 Å². The van der Waals surface area contributed by atoms with Gasteiger partial charge in [0.2, 0.25) is 0 Å². The highest BCUT2D eigenvalue weighted by Gasteiger charge is 2.13. The first kappa shape index (κ1) is 30.5. The van der Waals surface area contributed by atoms with E-state index in [2.05, 4.69) is 82.2 Å². The molecule has 0 atom stereocenters. The van der Waals surface area contributed by atoms with Crippen LogP contribution in [0.1, 0.15) is 25.7 Å². The molecule has 40 heavy (non-hydrogen) atoms. The van der Waals surface area contributed by atoms with Gasteiger partial charge in [-0.25, -0.2) is 4.79 Å². The number of methoxy groups -OCH3 is 1. The minimum Gasteiger partial charge on any atom is -0.497 e. The van der Waals surface area contributed by atoms with Crippen molar-refractivity contribution in [2.45, 2.75) is 25.7 Å². The fourth-order valence-corrected chi connectivity index (χ4v) is 4.38. The molecule has 1 aliphatic heterocycles. The molecule has 0 saturated carbocycles. The Morgan fingerprint density at radius 1 is 0.775 bits per heavy atom. The molecule has 212 valence electrons. The molecule has 4 aromatic rings. The van der Waals surface area contributed by atoms with Crippen LogP contribution in [-0.2, 0) is 0 Å². The first-order chi connectivity index (χ1) is 19.7. The van der Waals surface area contributed by atoms with Gasteiger partial charge in [0, 0.05) is 44.0 Å². The Balaban J connectivity index is 0.000000211. The van der Waals surface area contributed by atoms with Gasteiger partial charge < -0.3 is 29.9 Å². The molecule has 0 unspecified atom stereocenters. The number of amides is 2. The second-order valence-corrected chi connectivity index (χ2v) is 9.32. The Bertz CT molecular complexity index is 1160. The van der Waals surface area contributed by atoms with Crippen molar-refractivity contribution in [1.29, 1.82) is 0 Å². The quantitative estimate of drug-likeness (QED) is 0.277. The second kappa shape index (κ2) is 17.5. The van der Waals surface area contributed by atoms with Crippen molar-refractivity contribution in [2.75, 3.05) is 45.7 Å². The zero-order chi connectivity index (χ0) is 28.4. The zero-order valence-corrected chi connectivity index (χ0v) is 23.6. The molecule has 3 N–H and O–H groups in total. The van der Waals surface area contributed by atoms with Crippen molar-refractivity contribution in [3.63, 3.8) is 0 Å². The van der Waals surface area contributed by atoms with Crippen LogP contribution >= 0.6 is 0 Å². The van der Waals surface area contributed by atoms with Crippen molar-refractivity contribution in [3.8, 4) is 22.6 Å². The Morgan fingerprint density at radius 3 is 1.98 bits per heavy atom. The van der Waals surface area contributed by atoms with Gasteiger partial charge >= 0.3 is 6.03 Å². The van der Waals surface area contributed by atoms with Gasteiger partial charge in [0.1, 0.15) is 5.75 Å². The van der Waals surface area contributed by atoms with Crippen LogP contribution in [0.25, 0.3) is 16.8 Å². The number of urea groups is 1. The molecule has 0 aliphatic carbocycles. The lowest BCUT2D eigenvalue weighted by molar-refractivity contribution is 0.208. The van der Waals surface area contributed by atoms with Crippen molar-refractivity contribution in [1.82, 2.24) is 14.8 Å². The van der Waals surface area contributed by atoms with E-state index in [1.807, 2.05) is 41.3 Å². The van der Waals surface area contributed by atoms with Crippen LogP contribution in [-0.4, -0.2) is 61.0 Å². The van der Waals surface area contributed by atoms with Gasteiger partial charge in [0.25, 0.3) is 0 Å². The van der Waals surface area contributed by atoms with Gasteiger partial charge in [0.15, 0.2) is 0 Å². The fraction of sp³-hybridized carbons (Fsp3) is 0.303. The number of para-hydroxylation sites is 1. The average Bonchev–Trinajstić information content (AvgIpc) is 3.53. The maximum Gasteiger partial charge on any atom is 0.321 e. The van der Waals surface area contributed by atoms with Crippen molar-refractivity contribution >= 4 is 11.7 Å². The van der Waals surface area contributed by atoms with E-state index in [0.29, 0.717) is 0 Å². The number of rotatable bonds is 4. The van der Waals surface area contributed by atoms with Crippen molar-refractivity contribution in [3.05, 3.63) is 103 Å². The summed E-state index contributed by atoms with van der Waals surface area (Å²) >= 11 is 0. The first-order valence-electron chi connectivity index (χ1n) is 13.9. The lowest BCUT2D eigenvalue weighted by atomic mass is 10.1. The number of hydrogen-bond donors (Lipinski definition) is 3. The first-order valence-corrected chi connectivity index (χ1v) is 13.9. The summed E-state index contributed by atoms with van der Waals surface area (Å²) in [5.74, 6) is 0.791. The number of benzene rings is 3. The van der Waals surface area contributed by atoms with E-state index in [4.69, 9.17) is 9.84 Å². The Kier molecular flexibility index (Phi) is 13.3. The molecule has 3 aromatic carbocycles. The molecule has 1 fully saturated rings. The molecule has 1 saturated heterocycles. The van der Waals surface area contributed by atoms with E-state index >= 15 is 0 Å². The predicted octanol–water partition coefficient (Wildman–Crippen LogP) is 6.45. The van der Waals surface area contributed by atoms with Crippen LogP contribution in [0.2, 0.25) is 0 Å². The number of hydrogen-bond acceptors (Lipinski definition) is 4. The summed E-state index contributed by atoms with van der Waals surface area (Å²) in [6.07, 6.45) is 8.58. The molecule has 1 aliphatic rings. The summed E-state index contributed by atoms with van der Waals surface area (Å²) in [5, 5.41) is 13.4. The van der Waals surface area contributed by atoms with Crippen LogP contribution < -0.4 is 15.4 Å². The van der Waals surface area contributed by atoms with Crippen molar-refractivity contribution in [2.24, 2.45) is 0 Å². The highest BCUT2D eigenvalue weighted by Crippen LogP contribution is 2.21. The highest BCUT2D eigenvalue weighted by molar-refractivity contribution is 5.89. The van der Waals surface area contributed by atoms with Crippen molar-refractivity contribution < 1.29 is 14.6 Å². The van der Waals surface area contributed by atoms with Gasteiger partial charge in [0.05, 0.1) is 7.11 Å². The number of aliphatic hydroxyl groups is 1. The van der Waals surface area contributed by atoms with Gasteiger partial charge in [-0.15, -0.1) is 0 Å². The Labute approximate surface area is 238 Å². The molecule has 5 rings (SSSR count). The van der Waals surface area contributed by atoms with E-state index in [-0.39, 0.29) is 6.03 Å². The number of nitrogens with zero attached hydrogens (tertiary/aromatic N) is 2. The van der Waals surface area contributed by atoms with E-state index in [1.54, 1.807) is 7.11 Å². The summed E-state index contributed by atoms with van der Waals surface area (Å²) in [7, 11) is 2.63. The molecular formula is C33H42N4O3. The zero-order valence-electron chi connectivity index (χ0n) is 23.6. The minimum atomic E-state index is -0.00583. The van der Waals surface area contributed by atoms with E-state index in [9.17, 15) is 4.79 Å². The second-order valence-electron chi connectivity index (χ2n) is 9.32. The number of ether oxygens (including phenoxy) is 1. The fourth-order valence-electron chi connectivity index (χ4n) is 4.38. The molecule has 2 amide bonds. The molecule has 2 heterocycles. The van der Waals surface area contributed by atoms with Crippen LogP contribution in [0, 0.1) is 0 Å². The van der Waals surface area contributed by atoms with Gasteiger partial charge in [-0.3, -0.25) is 0 Å². The largest absolute Gasteiger partial charge is 0.497 e. The number of carbonyl (C=O) groups excluding carboxylic acids is 1. The average molecular weight is 543 g/mol. The lowest BCUT2D eigenvalue weighted by Crippen LogP contribution is -2.37. The monoisotopic (exact) mass is 542 g/mol. The summed E-state index contributed by atoms with van der Waals surface area (Å²) < 4.78 is 7.26. The number of anilines is 1. The molecule has 0 spiro atoms. The molecule has 0 bridgehead atoms. The topological polar surface area (TPSA) is 78.8 Å². The molecule has 1 aromatic heterocycles. The summed E-state index contributed by atoms with van der Waals surface area (Å²) in [5.41, 5.74) is 4.49. The van der Waals surface area contributed by atoms with E-state index < -0.39 is 0 Å². The van der Waals surface area contributed by atoms with Gasteiger partial charge in [-0.05, 0) is 92.4 Å². The maximum absolute atomic E-state index is 12.4. The Morgan fingerprint density at radius 2 is 1.38 bits per heavy atom. The van der Waals surface area contributed by atoms with Crippen LogP contribution in [0.4, 0.5) is 10.5 Å². The number of nitrogens with one attached hydrogen (secondary N) is 2. The molecule has 7 heteroatoms. The van der Waals surface area contributed by atoms with Gasteiger partial charge in [-0.1, -0.05) is 48.5 Å². The minimum absolute atomic E-state index is 0.00583. The molecule has 7 nitrogen and oxygen atoms in total. The number of aliphatic hydroxyl groups excluding tert-OH is 1. The Hall–Kier alpha value is -4.07. The van der Waals surface area contributed by atoms with Crippen LogP contribution in [0.5, 0.6) is 5.75 Å². The third-order valence-corrected chi connectivity index (χ3v) is 6.55. The predicted molar refractivity (Wildman–Crippen MR) is 164 cm³/mol. The summed E-state index contributed by atoms with van der Waals surface area (Å²) in [6.45, 7) is 3.75. The summed E-state index contributed by atoms with van der Waals surface area (Å²) in [4.78, 5) is 14.3. The van der Waals surface area contributed by atoms with Crippen LogP contribution in [0.3, 0.4) is 0 Å². The van der Waals surface area contributed by atoms with E-state index in [1.165, 1.54) is 16.8 Å². The lowest BCUT2D eigenvalue weighted by Gasteiger charge is -2.24. The normalized spacial score (nSPS) is 13.5. The third kappa shape index (κ3) is 9.91. The number of aromatic nitrogens is 1. The third-order valence-electron chi connectivity index (χ3n) is 6.55. The molecular weight excluding hydrogens is 500 g/mol. The maximum atomic E-state index is 12.4. The number of carbonyl (C=O) groups is 1.